The number of nitriles is 1. The van der Waals surface area contributed by atoms with E-state index in [2.05, 4.69) is 16.1 Å². The molecule has 0 spiro atoms. The number of anilines is 1. The summed E-state index contributed by atoms with van der Waals surface area (Å²) in [5.41, 5.74) is 1.10. The van der Waals surface area contributed by atoms with Crippen molar-refractivity contribution in [3.05, 3.63) is 60.2 Å². The Morgan fingerprint density at radius 1 is 1.16 bits per heavy atom. The summed E-state index contributed by atoms with van der Waals surface area (Å²) in [4.78, 5) is 24.7. The Kier molecular flexibility index (Phi) is 5.96. The first kappa shape index (κ1) is 17.8. The maximum Gasteiger partial charge on any atom is 0.416 e. The molecule has 0 heterocycles. The van der Waals surface area contributed by atoms with Gasteiger partial charge in [-0.1, -0.05) is 36.4 Å². The molecule has 128 valence electrons. The number of rotatable bonds is 4. The van der Waals surface area contributed by atoms with Crippen LogP contribution in [0, 0.1) is 11.3 Å². The Morgan fingerprint density at radius 2 is 1.88 bits per heavy atom. The lowest BCUT2D eigenvalue weighted by Crippen LogP contribution is -2.33. The normalized spacial score (nSPS) is 10.9. The highest BCUT2D eigenvalue weighted by atomic mass is 16.6. The molecule has 0 aliphatic carbocycles. The van der Waals surface area contributed by atoms with Crippen LogP contribution in [0.25, 0.3) is 0 Å². The molecule has 0 bridgehead atoms. The van der Waals surface area contributed by atoms with Crippen LogP contribution < -0.4 is 10.1 Å². The highest BCUT2D eigenvalue weighted by Gasteiger charge is 2.23. The van der Waals surface area contributed by atoms with Gasteiger partial charge in [-0.05, 0) is 17.7 Å². The highest BCUT2D eigenvalue weighted by Crippen LogP contribution is 2.22. The molecule has 2 aromatic rings. The zero-order valence-corrected chi connectivity index (χ0v) is 13.8. The SMILES string of the molecule is COC(=O)Nc1cccc(OC(=O)N(C)C(C#N)c2ccccc2)c1. The van der Waals surface area contributed by atoms with Crippen molar-refractivity contribution in [3.63, 3.8) is 0 Å². The number of ether oxygens (including phenoxy) is 2. The van der Waals surface area contributed by atoms with E-state index in [9.17, 15) is 14.9 Å². The van der Waals surface area contributed by atoms with Crippen LogP contribution in [0.3, 0.4) is 0 Å². The fourth-order valence-corrected chi connectivity index (χ4v) is 2.10. The molecule has 25 heavy (non-hydrogen) atoms. The Balaban J connectivity index is 2.09. The molecule has 1 N–H and O–H groups in total. The molecular weight excluding hydrogens is 322 g/mol. The van der Waals surface area contributed by atoms with Crippen LogP contribution in [0.1, 0.15) is 11.6 Å². The summed E-state index contributed by atoms with van der Waals surface area (Å²) in [6.45, 7) is 0. The average Bonchev–Trinajstić information content (AvgIpc) is 2.63. The number of benzene rings is 2. The summed E-state index contributed by atoms with van der Waals surface area (Å²) in [5.74, 6) is 0.232. The van der Waals surface area contributed by atoms with Crippen LogP contribution in [-0.2, 0) is 4.74 Å². The van der Waals surface area contributed by atoms with Crippen molar-refractivity contribution in [2.24, 2.45) is 0 Å². The van der Waals surface area contributed by atoms with Gasteiger partial charge in [-0.3, -0.25) is 10.2 Å². The average molecular weight is 339 g/mol. The first-order valence-electron chi connectivity index (χ1n) is 7.39. The Hall–Kier alpha value is -3.53. The molecule has 0 fully saturated rings. The smallest absolute Gasteiger partial charge is 0.416 e. The second kappa shape index (κ2) is 8.36. The van der Waals surface area contributed by atoms with Gasteiger partial charge in [0.05, 0.1) is 13.2 Å². The molecule has 1 atom stereocenters. The van der Waals surface area contributed by atoms with Crippen LogP contribution in [0.15, 0.2) is 54.6 Å². The van der Waals surface area contributed by atoms with Gasteiger partial charge in [0.1, 0.15) is 11.8 Å². The number of carbonyl (C=O) groups excluding carboxylic acids is 2. The summed E-state index contributed by atoms with van der Waals surface area (Å²) in [7, 11) is 2.74. The Morgan fingerprint density at radius 3 is 2.52 bits per heavy atom. The summed E-state index contributed by atoms with van der Waals surface area (Å²) in [6, 6.07) is 16.5. The number of carbonyl (C=O) groups is 2. The summed E-state index contributed by atoms with van der Waals surface area (Å²) in [5, 5.41) is 11.9. The van der Waals surface area contributed by atoms with Crippen molar-refractivity contribution in [1.82, 2.24) is 4.90 Å². The van der Waals surface area contributed by atoms with E-state index >= 15 is 0 Å². The number of hydrogen-bond acceptors (Lipinski definition) is 5. The number of hydrogen-bond donors (Lipinski definition) is 1. The van der Waals surface area contributed by atoms with Crippen molar-refractivity contribution < 1.29 is 19.1 Å². The maximum atomic E-state index is 12.3. The van der Waals surface area contributed by atoms with Crippen molar-refractivity contribution in [2.45, 2.75) is 6.04 Å². The predicted octanol–water partition coefficient (Wildman–Crippen LogP) is 3.56. The molecule has 7 nitrogen and oxygen atoms in total. The van der Waals surface area contributed by atoms with Crippen molar-refractivity contribution >= 4 is 17.9 Å². The molecule has 1 unspecified atom stereocenters. The lowest BCUT2D eigenvalue weighted by molar-refractivity contribution is 0.155. The molecule has 0 aliphatic rings. The van der Waals surface area contributed by atoms with E-state index in [1.165, 1.54) is 25.1 Å². The van der Waals surface area contributed by atoms with Gasteiger partial charge in [0.15, 0.2) is 0 Å². The largest absolute Gasteiger partial charge is 0.453 e. The van der Waals surface area contributed by atoms with Crippen LogP contribution in [0.2, 0.25) is 0 Å². The lowest BCUT2D eigenvalue weighted by Gasteiger charge is -2.22. The zero-order valence-electron chi connectivity index (χ0n) is 13.8. The Labute approximate surface area is 145 Å². The van der Waals surface area contributed by atoms with E-state index in [1.807, 2.05) is 6.07 Å². The van der Waals surface area contributed by atoms with Gasteiger partial charge in [-0.2, -0.15) is 5.26 Å². The molecule has 0 radical (unpaired) electrons. The summed E-state index contributed by atoms with van der Waals surface area (Å²) >= 11 is 0. The molecule has 2 amide bonds. The predicted molar refractivity (Wildman–Crippen MR) is 91.1 cm³/mol. The minimum Gasteiger partial charge on any atom is -0.453 e. The van der Waals surface area contributed by atoms with Crippen molar-refractivity contribution in [2.75, 3.05) is 19.5 Å². The molecule has 0 aliphatic heterocycles. The third-order valence-electron chi connectivity index (χ3n) is 3.38. The molecule has 0 saturated heterocycles. The van der Waals surface area contributed by atoms with E-state index in [-0.39, 0.29) is 5.75 Å². The van der Waals surface area contributed by atoms with Gasteiger partial charge in [-0.25, -0.2) is 9.59 Å². The van der Waals surface area contributed by atoms with E-state index in [1.54, 1.807) is 42.5 Å². The number of methoxy groups -OCH3 is 1. The number of amides is 2. The second-order valence-corrected chi connectivity index (χ2v) is 5.07. The minimum atomic E-state index is -0.773. The van der Waals surface area contributed by atoms with Gasteiger partial charge in [0, 0.05) is 18.8 Å². The van der Waals surface area contributed by atoms with E-state index in [0.717, 1.165) is 0 Å². The second-order valence-electron chi connectivity index (χ2n) is 5.07. The van der Waals surface area contributed by atoms with E-state index in [4.69, 9.17) is 4.74 Å². The third kappa shape index (κ3) is 4.72. The monoisotopic (exact) mass is 339 g/mol. The first-order valence-corrected chi connectivity index (χ1v) is 7.39. The standard InChI is InChI=1S/C18H17N3O4/c1-21(16(12-19)13-7-4-3-5-8-13)18(23)25-15-10-6-9-14(11-15)20-17(22)24-2/h3-11,16H,1-2H3,(H,20,22). The molecule has 0 aromatic heterocycles. The molecule has 2 rings (SSSR count). The van der Waals surface area contributed by atoms with Gasteiger partial charge in [0.25, 0.3) is 0 Å². The van der Waals surface area contributed by atoms with Crippen LogP contribution in [0.4, 0.5) is 15.3 Å². The first-order chi connectivity index (χ1) is 12.0. The van der Waals surface area contributed by atoms with E-state index in [0.29, 0.717) is 11.3 Å². The topological polar surface area (TPSA) is 91.7 Å². The number of nitrogens with one attached hydrogen (secondary N) is 1. The summed E-state index contributed by atoms with van der Waals surface area (Å²) in [6.07, 6.45) is -1.32. The Bertz CT molecular complexity index is 786. The number of nitrogens with zero attached hydrogens (tertiary/aromatic N) is 2. The fourth-order valence-electron chi connectivity index (χ4n) is 2.10. The lowest BCUT2D eigenvalue weighted by atomic mass is 10.1. The fraction of sp³-hybridized carbons (Fsp3) is 0.167. The van der Waals surface area contributed by atoms with Crippen molar-refractivity contribution in [1.29, 1.82) is 5.26 Å². The van der Waals surface area contributed by atoms with Crippen molar-refractivity contribution in [3.8, 4) is 11.8 Å². The maximum absolute atomic E-state index is 12.3. The van der Waals surface area contributed by atoms with E-state index < -0.39 is 18.2 Å². The minimum absolute atomic E-state index is 0.232. The summed E-state index contributed by atoms with van der Waals surface area (Å²) < 4.78 is 9.79. The third-order valence-corrected chi connectivity index (χ3v) is 3.38. The van der Waals surface area contributed by atoms with Gasteiger partial charge in [0.2, 0.25) is 0 Å². The van der Waals surface area contributed by atoms with Crippen LogP contribution in [0.5, 0.6) is 5.75 Å². The quantitative estimate of drug-likeness (QED) is 0.919. The van der Waals surface area contributed by atoms with Gasteiger partial charge >= 0.3 is 12.2 Å². The molecule has 0 saturated carbocycles. The van der Waals surface area contributed by atoms with Gasteiger partial charge < -0.3 is 9.47 Å². The van der Waals surface area contributed by atoms with Gasteiger partial charge in [-0.15, -0.1) is 0 Å². The molecule has 2 aromatic carbocycles. The zero-order chi connectivity index (χ0) is 18.2. The van der Waals surface area contributed by atoms with Crippen LogP contribution in [-0.4, -0.2) is 31.2 Å². The van der Waals surface area contributed by atoms with Crippen LogP contribution >= 0.6 is 0 Å². The highest BCUT2D eigenvalue weighted by molar-refractivity contribution is 5.85. The molecule has 7 heteroatoms. The molecular formula is C18H17N3O4.